The highest BCUT2D eigenvalue weighted by Gasteiger charge is 2.29. The van der Waals surface area contributed by atoms with Crippen LogP contribution in [0.5, 0.6) is 17.2 Å². The van der Waals surface area contributed by atoms with Gasteiger partial charge in [-0.2, -0.15) is 0 Å². The van der Waals surface area contributed by atoms with E-state index in [-0.39, 0.29) is 5.43 Å². The zero-order valence-corrected chi connectivity index (χ0v) is 18.5. The van der Waals surface area contributed by atoms with Gasteiger partial charge in [0.25, 0.3) is 0 Å². The molecule has 0 saturated heterocycles. The second kappa shape index (κ2) is 9.30. The minimum atomic E-state index is -0.553. The Morgan fingerprint density at radius 2 is 1.80 bits per heavy atom. The molecule has 1 amide bonds. The highest BCUT2D eigenvalue weighted by molar-refractivity contribution is 7.98. The van der Waals surface area contributed by atoms with Gasteiger partial charge in [-0.3, -0.25) is 4.79 Å². The lowest BCUT2D eigenvalue weighted by Gasteiger charge is -2.19. The van der Waals surface area contributed by atoms with Crippen molar-refractivity contribution in [3.05, 3.63) is 45.6 Å². The number of rotatable bonds is 5. The molecule has 0 saturated carbocycles. The van der Waals surface area contributed by atoms with E-state index < -0.39 is 12.1 Å². The van der Waals surface area contributed by atoms with Gasteiger partial charge in [-0.05, 0) is 54.0 Å². The zero-order valence-electron chi connectivity index (χ0n) is 17.7. The summed E-state index contributed by atoms with van der Waals surface area (Å²) in [5, 5.41) is 2.86. The first-order valence-corrected chi connectivity index (χ1v) is 10.6. The van der Waals surface area contributed by atoms with E-state index in [0.29, 0.717) is 40.5 Å². The van der Waals surface area contributed by atoms with Gasteiger partial charge < -0.3 is 24.3 Å². The molecule has 0 bridgehead atoms. The number of fused-ring (bicyclic) bond motifs is 3. The second-order valence-electron chi connectivity index (χ2n) is 6.69. The lowest BCUT2D eigenvalue weighted by atomic mass is 9.95. The molecule has 7 nitrogen and oxygen atoms in total. The molecule has 2 aromatic rings. The predicted octanol–water partition coefficient (Wildman–Crippen LogP) is 3.80. The molecule has 0 heterocycles. The summed E-state index contributed by atoms with van der Waals surface area (Å²) < 4.78 is 21.6. The van der Waals surface area contributed by atoms with Crippen molar-refractivity contribution in [1.82, 2.24) is 5.32 Å². The molecule has 1 aliphatic rings. The number of amides is 1. The minimum absolute atomic E-state index is 0.108. The van der Waals surface area contributed by atoms with Crippen molar-refractivity contribution in [3.63, 3.8) is 0 Å². The highest BCUT2D eigenvalue weighted by Crippen LogP contribution is 2.50. The zero-order chi connectivity index (χ0) is 21.8. The topological polar surface area (TPSA) is 83.1 Å². The summed E-state index contributed by atoms with van der Waals surface area (Å²) in [6.07, 6.45) is 2.51. The number of aryl methyl sites for hydroxylation is 1. The normalized spacial score (nSPS) is 14.6. The van der Waals surface area contributed by atoms with Crippen LogP contribution in [0, 0.1) is 0 Å². The van der Waals surface area contributed by atoms with E-state index in [4.69, 9.17) is 18.9 Å². The second-order valence-corrected chi connectivity index (χ2v) is 7.53. The first kappa shape index (κ1) is 21.8. The van der Waals surface area contributed by atoms with Crippen LogP contribution in [-0.2, 0) is 11.2 Å². The molecule has 0 aliphatic heterocycles. The van der Waals surface area contributed by atoms with Gasteiger partial charge in [0.15, 0.2) is 16.9 Å². The number of carbonyl (C=O) groups is 1. The summed E-state index contributed by atoms with van der Waals surface area (Å²) in [7, 11) is 6.01. The Kier molecular flexibility index (Phi) is 6.77. The Morgan fingerprint density at radius 3 is 2.40 bits per heavy atom. The van der Waals surface area contributed by atoms with Gasteiger partial charge in [-0.25, -0.2) is 4.79 Å². The largest absolute Gasteiger partial charge is 0.493 e. The van der Waals surface area contributed by atoms with Gasteiger partial charge >= 0.3 is 6.09 Å². The van der Waals surface area contributed by atoms with Gasteiger partial charge in [0.1, 0.15) is 0 Å². The van der Waals surface area contributed by atoms with E-state index in [1.165, 1.54) is 18.9 Å². The predicted molar refractivity (Wildman–Crippen MR) is 116 cm³/mol. The molecule has 30 heavy (non-hydrogen) atoms. The molecule has 0 unspecified atom stereocenters. The fraction of sp³-hybridized carbons (Fsp3) is 0.364. The van der Waals surface area contributed by atoms with Crippen molar-refractivity contribution >= 4 is 17.9 Å². The maximum atomic E-state index is 12.8. The quantitative estimate of drug-likeness (QED) is 0.721. The Bertz CT molecular complexity index is 1020. The molecule has 0 radical (unpaired) electrons. The van der Waals surface area contributed by atoms with E-state index in [2.05, 4.69) is 5.32 Å². The van der Waals surface area contributed by atoms with Gasteiger partial charge in [-0.15, -0.1) is 11.8 Å². The average molecular weight is 432 g/mol. The van der Waals surface area contributed by atoms with Crippen LogP contribution in [0.4, 0.5) is 4.79 Å². The summed E-state index contributed by atoms with van der Waals surface area (Å²) in [5.41, 5.74) is 3.18. The smallest absolute Gasteiger partial charge is 0.407 e. The molecule has 0 aromatic heterocycles. The molecule has 1 N–H and O–H groups in total. The summed E-state index contributed by atoms with van der Waals surface area (Å²) in [4.78, 5) is 25.4. The summed E-state index contributed by atoms with van der Waals surface area (Å²) in [5.74, 6) is 1.56. The number of ether oxygens (including phenoxy) is 4. The van der Waals surface area contributed by atoms with Gasteiger partial charge in [0.2, 0.25) is 5.75 Å². The summed E-state index contributed by atoms with van der Waals surface area (Å²) in [6, 6.07) is 6.80. The molecule has 160 valence electrons. The number of alkyl carbamates (subject to hydrolysis) is 1. The maximum absolute atomic E-state index is 12.8. The monoisotopic (exact) mass is 431 g/mol. The molecule has 0 spiro atoms. The van der Waals surface area contributed by atoms with Crippen LogP contribution in [-0.4, -0.2) is 40.8 Å². The van der Waals surface area contributed by atoms with E-state index in [1.807, 2.05) is 18.4 Å². The average Bonchev–Trinajstić information content (AvgIpc) is 3.00. The molecule has 0 fully saturated rings. The van der Waals surface area contributed by atoms with E-state index >= 15 is 0 Å². The number of thioether (sulfide) groups is 1. The van der Waals surface area contributed by atoms with Crippen molar-refractivity contribution in [2.45, 2.75) is 23.8 Å². The summed E-state index contributed by atoms with van der Waals surface area (Å²) in [6.45, 7) is 0. The molecule has 1 atom stereocenters. The Morgan fingerprint density at radius 1 is 1.07 bits per heavy atom. The molecule has 2 aromatic carbocycles. The van der Waals surface area contributed by atoms with Crippen molar-refractivity contribution in [2.24, 2.45) is 0 Å². The standard InChI is InChI=1S/C22H25NO6S/c1-26-17-10-12-6-8-15(23-22(25)29-4)14-11-16(24)18(30-5)9-7-13(14)19(12)21(28-3)20(17)27-2/h7,9-11,15H,6,8H2,1-5H3,(H,23,25)/t15-/m0/s1. The Hall–Kier alpha value is -2.87. The third kappa shape index (κ3) is 3.92. The molecule has 8 heteroatoms. The molecule has 1 aliphatic carbocycles. The SMILES string of the molecule is COC(=O)N[C@H]1CCc2cc(OC)c(OC)c(OC)c2-c2ccc(SC)c(=O)cc21. The van der Waals surface area contributed by atoms with Gasteiger partial charge in [0, 0.05) is 5.56 Å². The van der Waals surface area contributed by atoms with Crippen LogP contribution in [0.1, 0.15) is 23.6 Å². The fourth-order valence-corrected chi connectivity index (χ4v) is 4.28. The van der Waals surface area contributed by atoms with Crippen molar-refractivity contribution in [1.29, 1.82) is 0 Å². The van der Waals surface area contributed by atoms with E-state index in [0.717, 1.165) is 16.7 Å². The fourth-order valence-electron chi connectivity index (χ4n) is 3.82. The van der Waals surface area contributed by atoms with Crippen molar-refractivity contribution in [3.8, 4) is 28.4 Å². The third-order valence-corrected chi connectivity index (χ3v) is 5.98. The number of nitrogens with one attached hydrogen (secondary N) is 1. The van der Waals surface area contributed by atoms with Crippen molar-refractivity contribution < 1.29 is 23.7 Å². The first-order chi connectivity index (χ1) is 14.5. The van der Waals surface area contributed by atoms with E-state index in [9.17, 15) is 9.59 Å². The third-order valence-electron chi connectivity index (χ3n) is 5.20. The molecule has 3 rings (SSSR count). The highest BCUT2D eigenvalue weighted by atomic mass is 32.2. The van der Waals surface area contributed by atoms with Crippen LogP contribution >= 0.6 is 11.8 Å². The van der Waals surface area contributed by atoms with Crippen LogP contribution in [0.25, 0.3) is 11.1 Å². The minimum Gasteiger partial charge on any atom is -0.493 e. The van der Waals surface area contributed by atoms with Crippen LogP contribution in [0.15, 0.2) is 34.0 Å². The molecular formula is C22H25NO6S. The van der Waals surface area contributed by atoms with Crippen LogP contribution in [0.3, 0.4) is 0 Å². The Balaban J connectivity index is 2.38. The van der Waals surface area contributed by atoms with E-state index in [1.54, 1.807) is 33.5 Å². The summed E-state index contributed by atoms with van der Waals surface area (Å²) >= 11 is 1.38. The van der Waals surface area contributed by atoms with Gasteiger partial charge in [0.05, 0.1) is 39.4 Å². The van der Waals surface area contributed by atoms with Crippen LogP contribution < -0.4 is 25.0 Å². The Labute approximate surface area is 179 Å². The number of hydrogen-bond donors (Lipinski definition) is 1. The van der Waals surface area contributed by atoms with Gasteiger partial charge in [-0.1, -0.05) is 6.07 Å². The maximum Gasteiger partial charge on any atom is 0.407 e. The lowest BCUT2D eigenvalue weighted by Crippen LogP contribution is -2.28. The molecular weight excluding hydrogens is 406 g/mol. The number of methoxy groups -OCH3 is 4. The first-order valence-electron chi connectivity index (χ1n) is 9.37. The van der Waals surface area contributed by atoms with Crippen LogP contribution in [0.2, 0.25) is 0 Å². The number of carbonyl (C=O) groups excluding carboxylic acids is 1. The number of benzene rings is 1. The lowest BCUT2D eigenvalue weighted by molar-refractivity contribution is 0.166. The van der Waals surface area contributed by atoms with Crippen molar-refractivity contribution in [2.75, 3.05) is 34.7 Å². The number of hydrogen-bond acceptors (Lipinski definition) is 7.